The van der Waals surface area contributed by atoms with Gasteiger partial charge in [-0.2, -0.15) is 4.98 Å². The van der Waals surface area contributed by atoms with Crippen LogP contribution in [0.15, 0.2) is 17.1 Å². The molecular weight excluding hydrogens is 202 g/mol. The van der Waals surface area contributed by atoms with Crippen LogP contribution in [0.1, 0.15) is 6.23 Å². The zero-order valence-electron chi connectivity index (χ0n) is 7.87. The van der Waals surface area contributed by atoms with E-state index in [4.69, 9.17) is 20.3 Å². The largest absolute Gasteiger partial charge is 0.391 e. The molecule has 0 radical (unpaired) electrons. The third-order valence-electron chi connectivity index (χ3n) is 2.04. The Balaban J connectivity index is 2.20. The molecule has 1 aliphatic heterocycles. The summed E-state index contributed by atoms with van der Waals surface area (Å²) in [5.74, 6) is 0.161. The lowest BCUT2D eigenvalue weighted by molar-refractivity contribution is -0.0992. The number of rotatable bonds is 2. The number of nitrogens with two attached hydrogens (primary N) is 1. The van der Waals surface area contributed by atoms with Gasteiger partial charge in [0.25, 0.3) is 0 Å². The third kappa shape index (κ3) is 1.99. The zero-order chi connectivity index (χ0) is 10.8. The maximum absolute atomic E-state index is 11.4. The molecule has 0 aliphatic carbocycles. The summed E-state index contributed by atoms with van der Waals surface area (Å²) in [7, 11) is 0. The molecule has 0 unspecified atom stereocenters. The second-order valence-corrected chi connectivity index (χ2v) is 3.08. The zero-order valence-corrected chi connectivity index (χ0v) is 7.87. The topological polar surface area (TPSA) is 99.6 Å². The molecule has 2 heterocycles. The lowest BCUT2D eigenvalue weighted by atomic mass is 10.5. The summed E-state index contributed by atoms with van der Waals surface area (Å²) in [6.45, 7) is -0.0373. The molecule has 0 bridgehead atoms. The fourth-order valence-electron chi connectivity index (χ4n) is 1.33. The maximum Gasteiger partial charge on any atom is 0.351 e. The van der Waals surface area contributed by atoms with Crippen LogP contribution in [0, 0.1) is 0 Å². The molecule has 0 saturated carbocycles. The highest BCUT2D eigenvalue weighted by Gasteiger charge is 2.27. The molecule has 7 heteroatoms. The molecule has 7 nitrogen and oxygen atoms in total. The summed E-state index contributed by atoms with van der Waals surface area (Å²) in [6.07, 6.45) is 0.250. The Hall–Kier alpha value is -1.44. The molecule has 3 N–H and O–H groups in total. The summed E-state index contributed by atoms with van der Waals surface area (Å²) in [5.41, 5.74) is 4.85. The molecule has 15 heavy (non-hydrogen) atoms. The Kier molecular flexibility index (Phi) is 2.67. The number of aromatic nitrogens is 2. The van der Waals surface area contributed by atoms with E-state index < -0.39 is 18.2 Å². The molecule has 1 fully saturated rings. The average Bonchev–Trinajstić information content (AvgIpc) is 2.66. The summed E-state index contributed by atoms with van der Waals surface area (Å²) >= 11 is 0. The molecule has 82 valence electrons. The summed E-state index contributed by atoms with van der Waals surface area (Å²) < 4.78 is 11.6. The molecule has 1 aromatic heterocycles. The van der Waals surface area contributed by atoms with E-state index >= 15 is 0 Å². The van der Waals surface area contributed by atoms with Crippen LogP contribution < -0.4 is 11.4 Å². The molecule has 2 rings (SSSR count). The van der Waals surface area contributed by atoms with E-state index in [1.165, 1.54) is 16.8 Å². The van der Waals surface area contributed by atoms with Gasteiger partial charge in [0.05, 0.1) is 13.2 Å². The lowest BCUT2D eigenvalue weighted by Gasteiger charge is -2.11. The van der Waals surface area contributed by atoms with Crippen LogP contribution in [0.25, 0.3) is 0 Å². The summed E-state index contributed by atoms with van der Waals surface area (Å²) in [6, 6.07) is 1.50. The van der Waals surface area contributed by atoms with E-state index in [9.17, 15) is 4.79 Å². The van der Waals surface area contributed by atoms with Crippen molar-refractivity contribution in [3.8, 4) is 0 Å². The first-order chi connectivity index (χ1) is 7.20. The van der Waals surface area contributed by atoms with Crippen molar-refractivity contribution in [2.45, 2.75) is 12.5 Å². The predicted octanol–water partition coefficient (Wildman–Crippen LogP) is -1.31. The van der Waals surface area contributed by atoms with Crippen molar-refractivity contribution in [1.82, 2.24) is 9.55 Å². The van der Waals surface area contributed by atoms with Crippen LogP contribution in [0.3, 0.4) is 0 Å². The van der Waals surface area contributed by atoms with E-state index in [0.717, 1.165) is 0 Å². The van der Waals surface area contributed by atoms with Crippen molar-refractivity contribution in [1.29, 1.82) is 0 Å². The minimum atomic E-state index is -0.681. The summed E-state index contributed by atoms with van der Waals surface area (Å²) in [4.78, 5) is 15.0. The van der Waals surface area contributed by atoms with Crippen molar-refractivity contribution in [3.05, 3.63) is 22.7 Å². The van der Waals surface area contributed by atoms with Crippen molar-refractivity contribution in [3.63, 3.8) is 0 Å². The van der Waals surface area contributed by atoms with Gasteiger partial charge in [0.1, 0.15) is 5.82 Å². The Morgan fingerprint density at radius 3 is 3.13 bits per heavy atom. The molecule has 2 atom stereocenters. The first kappa shape index (κ1) is 10.1. The van der Waals surface area contributed by atoms with Crippen molar-refractivity contribution >= 4 is 5.82 Å². The Morgan fingerprint density at radius 1 is 1.73 bits per heavy atom. The summed E-state index contributed by atoms with van der Waals surface area (Å²) in [5, 5.41) is 8.77. The minimum Gasteiger partial charge on any atom is -0.391 e. The number of nitrogen functional groups attached to an aromatic ring is 1. The minimum absolute atomic E-state index is 0.161. The molecule has 1 aliphatic rings. The highest BCUT2D eigenvalue weighted by Crippen LogP contribution is 2.18. The van der Waals surface area contributed by atoms with Gasteiger partial charge < -0.3 is 20.3 Å². The van der Waals surface area contributed by atoms with Crippen LogP contribution in [0.5, 0.6) is 0 Å². The third-order valence-corrected chi connectivity index (χ3v) is 2.04. The molecule has 1 aromatic rings. The van der Waals surface area contributed by atoms with Gasteiger partial charge >= 0.3 is 5.69 Å². The normalized spacial score (nSPS) is 25.7. The van der Waals surface area contributed by atoms with Crippen LogP contribution >= 0.6 is 0 Å². The van der Waals surface area contributed by atoms with Gasteiger partial charge in [0.2, 0.25) is 0 Å². The second-order valence-electron chi connectivity index (χ2n) is 3.08. The Bertz CT molecular complexity index is 405. The van der Waals surface area contributed by atoms with Gasteiger partial charge in [-0.25, -0.2) is 4.79 Å². The number of aliphatic hydroxyl groups is 1. The van der Waals surface area contributed by atoms with E-state index in [0.29, 0.717) is 0 Å². The van der Waals surface area contributed by atoms with Crippen LogP contribution in [-0.2, 0) is 9.47 Å². The van der Waals surface area contributed by atoms with E-state index in [1.807, 2.05) is 0 Å². The van der Waals surface area contributed by atoms with Crippen molar-refractivity contribution in [2.75, 3.05) is 18.9 Å². The standard InChI is InChI=1S/C8H11N3O4/c9-5-1-2-11(8(13)10-5)6-4-14-7(3-12)15-6/h1-2,6-7,12H,3-4H2,(H2,9,10,13)/t6-,7-/m1/s1. The first-order valence-corrected chi connectivity index (χ1v) is 4.43. The highest BCUT2D eigenvalue weighted by atomic mass is 16.7. The van der Waals surface area contributed by atoms with E-state index in [2.05, 4.69) is 4.98 Å². The van der Waals surface area contributed by atoms with E-state index in [1.54, 1.807) is 0 Å². The number of aliphatic hydroxyl groups excluding tert-OH is 1. The maximum atomic E-state index is 11.4. The number of nitrogens with zero attached hydrogens (tertiary/aromatic N) is 2. The van der Waals surface area contributed by atoms with Crippen molar-refractivity contribution < 1.29 is 14.6 Å². The van der Waals surface area contributed by atoms with Crippen molar-refractivity contribution in [2.24, 2.45) is 0 Å². The van der Waals surface area contributed by atoms with Crippen LogP contribution in [0.4, 0.5) is 5.82 Å². The highest BCUT2D eigenvalue weighted by molar-refractivity contribution is 5.23. The number of anilines is 1. The fraction of sp³-hybridized carbons (Fsp3) is 0.500. The van der Waals surface area contributed by atoms with Gasteiger partial charge in [-0.15, -0.1) is 0 Å². The van der Waals surface area contributed by atoms with Gasteiger partial charge in [-0.3, -0.25) is 4.57 Å². The molecule has 0 aromatic carbocycles. The van der Waals surface area contributed by atoms with Gasteiger partial charge in [-0.1, -0.05) is 0 Å². The average molecular weight is 213 g/mol. The fourth-order valence-corrected chi connectivity index (χ4v) is 1.33. The Labute approximate surface area is 85.1 Å². The number of hydrogen-bond acceptors (Lipinski definition) is 6. The quantitative estimate of drug-likeness (QED) is 0.632. The van der Waals surface area contributed by atoms with Gasteiger partial charge in [0, 0.05) is 6.20 Å². The van der Waals surface area contributed by atoms with E-state index in [-0.39, 0.29) is 19.0 Å². The molecular formula is C8H11N3O4. The number of ether oxygens (including phenoxy) is 2. The van der Waals surface area contributed by atoms with Crippen LogP contribution in [-0.4, -0.2) is 34.2 Å². The van der Waals surface area contributed by atoms with Crippen LogP contribution in [0.2, 0.25) is 0 Å². The SMILES string of the molecule is Nc1ccn([C@H]2CO[C@@H](CO)O2)c(=O)n1. The van der Waals surface area contributed by atoms with Gasteiger partial charge in [0.15, 0.2) is 12.5 Å². The Morgan fingerprint density at radius 2 is 2.53 bits per heavy atom. The monoisotopic (exact) mass is 213 g/mol. The predicted molar refractivity (Wildman–Crippen MR) is 49.9 cm³/mol. The molecule has 0 amide bonds. The lowest BCUT2D eigenvalue weighted by Crippen LogP contribution is -2.28. The molecule has 1 saturated heterocycles. The van der Waals surface area contributed by atoms with Gasteiger partial charge in [-0.05, 0) is 6.07 Å². The number of hydrogen-bond donors (Lipinski definition) is 2. The second kappa shape index (κ2) is 3.97. The first-order valence-electron chi connectivity index (χ1n) is 4.43. The smallest absolute Gasteiger partial charge is 0.351 e. The molecule has 0 spiro atoms.